The zero-order valence-electron chi connectivity index (χ0n) is 12.6. The lowest BCUT2D eigenvalue weighted by molar-refractivity contribution is -0.118. The second kappa shape index (κ2) is 9.10. The molecule has 23 heavy (non-hydrogen) atoms. The molecule has 0 saturated carbocycles. The third-order valence-corrected chi connectivity index (χ3v) is 3.86. The quantitative estimate of drug-likeness (QED) is 0.753. The first kappa shape index (κ1) is 17.2. The number of alkyl carbamates (subject to hydrolysis) is 1. The summed E-state index contributed by atoms with van der Waals surface area (Å²) >= 11 is 3.15. The van der Waals surface area contributed by atoms with Crippen molar-refractivity contribution >= 4 is 27.8 Å². The molecule has 0 aliphatic carbocycles. The number of carbonyl (C=O) groups excluding carboxylic acids is 2. The Morgan fingerprint density at radius 1 is 0.957 bits per heavy atom. The summed E-state index contributed by atoms with van der Waals surface area (Å²) in [4.78, 5) is 23.9. The first-order valence-corrected chi connectivity index (χ1v) is 8.41. The molecule has 0 aromatic heterocycles. The third kappa shape index (κ3) is 5.87. The molecule has 1 atom stereocenters. The van der Waals surface area contributed by atoms with E-state index in [1.165, 1.54) is 0 Å². The topological polar surface area (TPSA) is 55.4 Å². The van der Waals surface area contributed by atoms with Gasteiger partial charge in [0, 0.05) is 0 Å². The van der Waals surface area contributed by atoms with Crippen molar-refractivity contribution in [2.45, 2.75) is 19.1 Å². The van der Waals surface area contributed by atoms with Crippen LogP contribution in [0.4, 0.5) is 4.79 Å². The zero-order valence-corrected chi connectivity index (χ0v) is 14.2. The van der Waals surface area contributed by atoms with Crippen molar-refractivity contribution in [2.75, 3.05) is 5.33 Å². The van der Waals surface area contributed by atoms with Gasteiger partial charge >= 0.3 is 6.09 Å². The van der Waals surface area contributed by atoms with Gasteiger partial charge in [0.2, 0.25) is 0 Å². The van der Waals surface area contributed by atoms with Gasteiger partial charge in [0.25, 0.3) is 0 Å². The highest BCUT2D eigenvalue weighted by molar-refractivity contribution is 9.09. The Balaban J connectivity index is 1.91. The highest BCUT2D eigenvalue weighted by atomic mass is 79.9. The molecule has 5 heteroatoms. The van der Waals surface area contributed by atoms with Gasteiger partial charge in [0.1, 0.15) is 6.61 Å². The van der Waals surface area contributed by atoms with Crippen molar-refractivity contribution in [3.05, 3.63) is 71.8 Å². The maximum absolute atomic E-state index is 12.0. The number of amides is 1. The van der Waals surface area contributed by atoms with E-state index in [4.69, 9.17) is 4.74 Å². The van der Waals surface area contributed by atoms with Crippen LogP contribution in [0, 0.1) is 0 Å². The van der Waals surface area contributed by atoms with E-state index in [0.717, 1.165) is 11.1 Å². The highest BCUT2D eigenvalue weighted by Crippen LogP contribution is 2.06. The maximum atomic E-state index is 12.0. The fourth-order valence-corrected chi connectivity index (χ4v) is 2.49. The Kier molecular flexibility index (Phi) is 6.81. The van der Waals surface area contributed by atoms with Crippen LogP contribution >= 0.6 is 15.9 Å². The van der Waals surface area contributed by atoms with Gasteiger partial charge in [-0.1, -0.05) is 76.6 Å². The molecule has 2 rings (SSSR count). The smallest absolute Gasteiger partial charge is 0.408 e. The summed E-state index contributed by atoms with van der Waals surface area (Å²) in [6.07, 6.45) is -0.157. The largest absolute Gasteiger partial charge is 0.445 e. The van der Waals surface area contributed by atoms with Gasteiger partial charge in [-0.15, -0.1) is 0 Å². The van der Waals surface area contributed by atoms with E-state index in [1.807, 2.05) is 60.7 Å². The number of benzene rings is 2. The van der Waals surface area contributed by atoms with Gasteiger partial charge in [0.15, 0.2) is 5.78 Å². The summed E-state index contributed by atoms with van der Waals surface area (Å²) in [7, 11) is 0. The lowest BCUT2D eigenvalue weighted by Crippen LogP contribution is -2.43. The Morgan fingerprint density at radius 2 is 1.52 bits per heavy atom. The first-order chi connectivity index (χ1) is 11.2. The van der Waals surface area contributed by atoms with Gasteiger partial charge < -0.3 is 10.1 Å². The molecule has 0 fully saturated rings. The highest BCUT2D eigenvalue weighted by Gasteiger charge is 2.20. The van der Waals surface area contributed by atoms with Crippen molar-refractivity contribution in [3.8, 4) is 0 Å². The summed E-state index contributed by atoms with van der Waals surface area (Å²) in [5.41, 5.74) is 1.88. The van der Waals surface area contributed by atoms with Crippen molar-refractivity contribution in [1.29, 1.82) is 0 Å². The molecule has 2 aromatic carbocycles. The minimum Gasteiger partial charge on any atom is -0.445 e. The van der Waals surface area contributed by atoms with Gasteiger partial charge in [-0.05, 0) is 17.5 Å². The third-order valence-electron chi connectivity index (χ3n) is 3.31. The molecule has 1 N–H and O–H groups in total. The molecule has 0 unspecified atom stereocenters. The van der Waals surface area contributed by atoms with E-state index < -0.39 is 12.1 Å². The van der Waals surface area contributed by atoms with E-state index in [0.29, 0.717) is 6.42 Å². The van der Waals surface area contributed by atoms with E-state index in [1.54, 1.807) is 0 Å². The zero-order chi connectivity index (χ0) is 16.5. The lowest BCUT2D eigenvalue weighted by Gasteiger charge is -2.17. The number of halogens is 1. The molecule has 2 aromatic rings. The molecule has 0 spiro atoms. The number of alkyl halides is 1. The van der Waals surface area contributed by atoms with Crippen LogP contribution in [-0.4, -0.2) is 23.2 Å². The molecular weight excluding hydrogens is 358 g/mol. The number of ketones is 1. The van der Waals surface area contributed by atoms with E-state index in [-0.39, 0.29) is 17.7 Å². The van der Waals surface area contributed by atoms with Gasteiger partial charge in [0.05, 0.1) is 11.4 Å². The molecule has 1 amide bonds. The van der Waals surface area contributed by atoms with Gasteiger partial charge in [-0.25, -0.2) is 4.79 Å². The Hall–Kier alpha value is -2.14. The number of nitrogens with one attached hydrogen (secondary N) is 1. The van der Waals surface area contributed by atoms with Crippen LogP contribution in [0.2, 0.25) is 0 Å². The Labute approximate surface area is 144 Å². The molecular formula is C18H18BrNO3. The number of hydrogen-bond acceptors (Lipinski definition) is 3. The first-order valence-electron chi connectivity index (χ1n) is 7.29. The predicted molar refractivity (Wildman–Crippen MR) is 92.5 cm³/mol. The second-order valence-electron chi connectivity index (χ2n) is 5.05. The van der Waals surface area contributed by atoms with Crippen LogP contribution < -0.4 is 5.32 Å². The number of ether oxygens (including phenoxy) is 1. The monoisotopic (exact) mass is 375 g/mol. The van der Waals surface area contributed by atoms with Crippen LogP contribution in [0.5, 0.6) is 0 Å². The normalized spacial score (nSPS) is 11.5. The number of Topliss-reactive ketones (excluding diaryl/α,β-unsaturated/α-hetero) is 1. The summed E-state index contributed by atoms with van der Waals surface area (Å²) in [5, 5.41) is 2.83. The number of rotatable bonds is 7. The van der Waals surface area contributed by atoms with Crippen LogP contribution in [0.3, 0.4) is 0 Å². The molecule has 120 valence electrons. The molecule has 0 aliphatic heterocycles. The van der Waals surface area contributed by atoms with Crippen molar-refractivity contribution in [1.82, 2.24) is 5.32 Å². The lowest BCUT2D eigenvalue weighted by atomic mass is 10.0. The van der Waals surface area contributed by atoms with Crippen LogP contribution in [0.25, 0.3) is 0 Å². The summed E-state index contributed by atoms with van der Waals surface area (Å²) in [5.74, 6) is -0.0921. The SMILES string of the molecule is O=C(N[C@@H](Cc1ccccc1)C(=O)CBr)OCc1ccccc1. The average Bonchev–Trinajstić information content (AvgIpc) is 2.60. The predicted octanol–water partition coefficient (Wildman–Crippen LogP) is 3.49. The second-order valence-corrected chi connectivity index (χ2v) is 5.61. The van der Waals surface area contributed by atoms with Crippen molar-refractivity contribution in [3.63, 3.8) is 0 Å². The van der Waals surface area contributed by atoms with E-state index in [2.05, 4.69) is 21.2 Å². The Morgan fingerprint density at radius 3 is 2.09 bits per heavy atom. The van der Waals surface area contributed by atoms with E-state index in [9.17, 15) is 9.59 Å². The molecule has 0 bridgehead atoms. The van der Waals surface area contributed by atoms with Crippen LogP contribution in [0.15, 0.2) is 60.7 Å². The number of hydrogen-bond donors (Lipinski definition) is 1. The maximum Gasteiger partial charge on any atom is 0.408 e. The van der Waals surface area contributed by atoms with Crippen molar-refractivity contribution < 1.29 is 14.3 Å². The minimum atomic E-state index is -0.611. The molecule has 0 heterocycles. The average molecular weight is 376 g/mol. The van der Waals surface area contributed by atoms with Gasteiger partial charge in [-0.3, -0.25) is 4.79 Å². The summed E-state index contributed by atoms with van der Waals surface area (Å²) in [6, 6.07) is 18.3. The van der Waals surface area contributed by atoms with Crippen molar-refractivity contribution in [2.24, 2.45) is 0 Å². The fourth-order valence-electron chi connectivity index (χ4n) is 2.10. The molecule has 0 saturated heterocycles. The summed E-state index contributed by atoms with van der Waals surface area (Å²) < 4.78 is 5.17. The number of carbonyl (C=O) groups is 2. The molecule has 0 radical (unpaired) electrons. The molecule has 4 nitrogen and oxygen atoms in total. The van der Waals surface area contributed by atoms with Gasteiger partial charge in [-0.2, -0.15) is 0 Å². The van der Waals surface area contributed by atoms with E-state index >= 15 is 0 Å². The fraction of sp³-hybridized carbons (Fsp3) is 0.222. The standard InChI is InChI=1S/C18H18BrNO3/c19-12-17(21)16(11-14-7-3-1-4-8-14)20-18(22)23-13-15-9-5-2-6-10-15/h1-10,16H,11-13H2,(H,20,22)/t16-/m0/s1. The van der Waals surface area contributed by atoms with Crippen LogP contribution in [-0.2, 0) is 22.6 Å². The molecule has 0 aliphatic rings. The minimum absolute atomic E-state index is 0.0921. The van der Waals surface area contributed by atoms with Crippen LogP contribution in [0.1, 0.15) is 11.1 Å². The Bertz CT molecular complexity index is 631. The summed E-state index contributed by atoms with van der Waals surface area (Å²) in [6.45, 7) is 0.174.